The van der Waals surface area contributed by atoms with Crippen LogP contribution in [0.5, 0.6) is 5.75 Å². The van der Waals surface area contributed by atoms with Crippen LogP contribution in [0.15, 0.2) is 23.2 Å². The average molecular weight is 419 g/mol. The third-order valence-electron chi connectivity index (χ3n) is 4.12. The molecule has 0 aliphatic rings. The smallest absolute Gasteiger partial charge is 0.416 e. The summed E-state index contributed by atoms with van der Waals surface area (Å²) in [6.45, 7) is 7.33. The van der Waals surface area contributed by atoms with Gasteiger partial charge >= 0.3 is 6.18 Å². The molecule has 0 heterocycles. The number of hydrogen-bond acceptors (Lipinski definition) is 5. The minimum atomic E-state index is -4.63. The van der Waals surface area contributed by atoms with Gasteiger partial charge in [-0.1, -0.05) is 20.8 Å². The molecule has 0 fully saturated rings. The predicted molar refractivity (Wildman–Crippen MR) is 102 cm³/mol. The molecule has 0 amide bonds. The molecule has 28 heavy (non-hydrogen) atoms. The number of nitrogens with one attached hydrogen (secondary N) is 1. The van der Waals surface area contributed by atoms with Crippen molar-refractivity contribution >= 4 is 21.4 Å². The minimum Gasteiger partial charge on any atom is -0.497 e. The maximum atomic E-state index is 13.1. The Bertz CT molecular complexity index is 882. The number of methoxy groups -OCH3 is 1. The number of nitriles is 1. The first-order valence-electron chi connectivity index (χ1n) is 8.29. The summed E-state index contributed by atoms with van der Waals surface area (Å²) in [7, 11) is -2.67. The SMILES string of the molecule is COc1cc(NC(=NC(C)C(C)(C)C)C(C#N)S(C)(=O)=O)cc(C(F)(F)F)c1. The second-order valence-corrected chi connectivity index (χ2v) is 9.60. The second-order valence-electron chi connectivity index (χ2n) is 7.47. The molecule has 6 nitrogen and oxygen atoms in total. The van der Waals surface area contributed by atoms with Crippen molar-refractivity contribution in [2.75, 3.05) is 18.7 Å². The highest BCUT2D eigenvalue weighted by molar-refractivity contribution is 7.92. The first kappa shape index (κ1) is 23.8. The molecule has 1 aromatic carbocycles. The van der Waals surface area contributed by atoms with Crippen LogP contribution in [0.3, 0.4) is 0 Å². The number of aliphatic imine (C=N–C) groups is 1. The van der Waals surface area contributed by atoms with Crippen LogP contribution in [0.2, 0.25) is 0 Å². The molecular weight excluding hydrogens is 395 g/mol. The highest BCUT2D eigenvalue weighted by Gasteiger charge is 2.33. The quantitative estimate of drug-likeness (QED) is 0.577. The molecule has 0 bridgehead atoms. The highest BCUT2D eigenvalue weighted by Crippen LogP contribution is 2.34. The van der Waals surface area contributed by atoms with Crippen molar-refractivity contribution in [2.24, 2.45) is 10.4 Å². The lowest BCUT2D eigenvalue weighted by molar-refractivity contribution is -0.137. The lowest BCUT2D eigenvalue weighted by atomic mass is 9.88. The Morgan fingerprint density at radius 2 is 1.82 bits per heavy atom. The van der Waals surface area contributed by atoms with Gasteiger partial charge in [0, 0.05) is 18.0 Å². The number of hydrogen-bond donors (Lipinski definition) is 1. The molecular formula is C18H24F3N3O3S. The maximum Gasteiger partial charge on any atom is 0.416 e. The van der Waals surface area contributed by atoms with Crippen molar-refractivity contribution in [2.45, 2.75) is 45.2 Å². The van der Waals surface area contributed by atoms with E-state index < -0.39 is 32.9 Å². The number of amidine groups is 1. The van der Waals surface area contributed by atoms with E-state index in [0.717, 1.165) is 18.4 Å². The summed E-state index contributed by atoms with van der Waals surface area (Å²) in [6, 6.07) is 4.13. The Kier molecular flexibility index (Phi) is 7.12. The van der Waals surface area contributed by atoms with Crippen molar-refractivity contribution in [1.82, 2.24) is 0 Å². The van der Waals surface area contributed by atoms with Crippen LogP contribution in [0, 0.1) is 16.7 Å². The van der Waals surface area contributed by atoms with Gasteiger partial charge < -0.3 is 10.1 Å². The monoisotopic (exact) mass is 419 g/mol. The third kappa shape index (κ3) is 6.41. The molecule has 1 rings (SSSR count). The molecule has 0 saturated heterocycles. The topological polar surface area (TPSA) is 91.5 Å². The molecule has 2 atom stereocenters. The van der Waals surface area contributed by atoms with Crippen molar-refractivity contribution < 1.29 is 26.3 Å². The number of halogens is 3. The van der Waals surface area contributed by atoms with Gasteiger partial charge in [-0.05, 0) is 24.5 Å². The second kappa shape index (κ2) is 8.39. The Hall–Kier alpha value is -2.28. The van der Waals surface area contributed by atoms with Gasteiger partial charge in [0.2, 0.25) is 5.25 Å². The van der Waals surface area contributed by atoms with E-state index in [2.05, 4.69) is 10.3 Å². The molecule has 0 aromatic heterocycles. The van der Waals surface area contributed by atoms with Gasteiger partial charge in [0.1, 0.15) is 11.6 Å². The lowest BCUT2D eigenvalue weighted by Gasteiger charge is -2.26. The highest BCUT2D eigenvalue weighted by atomic mass is 32.2. The first-order chi connectivity index (χ1) is 12.6. The average Bonchev–Trinajstić information content (AvgIpc) is 2.51. The van der Waals surface area contributed by atoms with Crippen LogP contribution in [0.1, 0.15) is 33.3 Å². The van der Waals surface area contributed by atoms with Crippen LogP contribution in [-0.4, -0.2) is 38.9 Å². The number of sulfone groups is 1. The van der Waals surface area contributed by atoms with Gasteiger partial charge in [0.25, 0.3) is 0 Å². The Labute approximate surface area is 163 Å². The van der Waals surface area contributed by atoms with Gasteiger partial charge in [0.05, 0.1) is 24.8 Å². The van der Waals surface area contributed by atoms with Crippen LogP contribution in [-0.2, 0) is 16.0 Å². The molecule has 1 N–H and O–H groups in total. The fraction of sp³-hybridized carbons (Fsp3) is 0.556. The zero-order valence-corrected chi connectivity index (χ0v) is 17.4. The van der Waals surface area contributed by atoms with Crippen molar-refractivity contribution in [3.05, 3.63) is 23.8 Å². The molecule has 0 saturated carbocycles. The molecule has 10 heteroatoms. The molecule has 0 radical (unpaired) electrons. The van der Waals surface area contributed by atoms with Gasteiger partial charge in [-0.25, -0.2) is 8.42 Å². The van der Waals surface area contributed by atoms with Crippen molar-refractivity contribution in [1.29, 1.82) is 5.26 Å². The molecule has 0 spiro atoms. The number of rotatable bonds is 5. The van der Waals surface area contributed by atoms with E-state index in [9.17, 15) is 26.9 Å². The van der Waals surface area contributed by atoms with E-state index in [1.165, 1.54) is 13.2 Å². The zero-order chi connectivity index (χ0) is 21.9. The number of nitrogens with zero attached hydrogens (tertiary/aromatic N) is 2. The van der Waals surface area contributed by atoms with E-state index in [1.54, 1.807) is 13.0 Å². The van der Waals surface area contributed by atoms with Gasteiger partial charge in [-0.2, -0.15) is 18.4 Å². The van der Waals surface area contributed by atoms with Crippen LogP contribution in [0.25, 0.3) is 0 Å². The molecule has 156 valence electrons. The van der Waals surface area contributed by atoms with Gasteiger partial charge in [-0.15, -0.1) is 0 Å². The van der Waals surface area contributed by atoms with Gasteiger partial charge in [-0.3, -0.25) is 4.99 Å². The summed E-state index contributed by atoms with van der Waals surface area (Å²) in [4.78, 5) is 4.31. The number of alkyl halides is 3. The maximum absolute atomic E-state index is 13.1. The number of benzene rings is 1. The predicted octanol–water partition coefficient (Wildman–Crippen LogP) is 3.90. The summed E-state index contributed by atoms with van der Waals surface area (Å²) in [6.07, 6.45) is -3.76. The summed E-state index contributed by atoms with van der Waals surface area (Å²) < 4.78 is 68.4. The number of ether oxygens (including phenoxy) is 1. The van der Waals surface area contributed by atoms with E-state index in [0.29, 0.717) is 0 Å². The van der Waals surface area contributed by atoms with E-state index in [-0.39, 0.29) is 22.7 Å². The normalized spacial score (nSPS) is 15.5. The van der Waals surface area contributed by atoms with Crippen molar-refractivity contribution in [3.8, 4) is 11.8 Å². The first-order valence-corrected chi connectivity index (χ1v) is 10.2. The van der Waals surface area contributed by atoms with Crippen molar-refractivity contribution in [3.63, 3.8) is 0 Å². The Morgan fingerprint density at radius 3 is 2.21 bits per heavy atom. The summed E-state index contributed by atoms with van der Waals surface area (Å²) >= 11 is 0. The fourth-order valence-electron chi connectivity index (χ4n) is 2.03. The largest absolute Gasteiger partial charge is 0.497 e. The molecule has 1 aromatic rings. The summed E-state index contributed by atoms with van der Waals surface area (Å²) in [5.74, 6) is -0.317. The fourth-order valence-corrected chi connectivity index (χ4v) is 2.74. The lowest BCUT2D eigenvalue weighted by Crippen LogP contribution is -2.36. The molecule has 0 aliphatic heterocycles. The minimum absolute atomic E-state index is 0.0755. The number of anilines is 1. The molecule has 0 aliphatic carbocycles. The summed E-state index contributed by atoms with van der Waals surface area (Å²) in [5, 5.41) is 10.3. The third-order valence-corrected chi connectivity index (χ3v) is 5.31. The standard InChI is InChI=1S/C18H24F3N3O3S/c1-11(17(2,3)4)23-16(15(10-22)28(6,25)26)24-13-7-12(18(19,20)21)8-14(9-13)27-5/h7-9,11,15H,1-6H3,(H,23,24). The van der Waals surface area contributed by atoms with Crippen LogP contribution in [0.4, 0.5) is 18.9 Å². The Balaban J connectivity index is 3.54. The van der Waals surface area contributed by atoms with Crippen LogP contribution >= 0.6 is 0 Å². The van der Waals surface area contributed by atoms with E-state index in [1.807, 2.05) is 20.8 Å². The van der Waals surface area contributed by atoms with Crippen LogP contribution < -0.4 is 10.1 Å². The zero-order valence-electron chi connectivity index (χ0n) is 16.5. The molecule has 2 unspecified atom stereocenters. The Morgan fingerprint density at radius 1 is 1.25 bits per heavy atom. The van der Waals surface area contributed by atoms with Gasteiger partial charge in [0.15, 0.2) is 9.84 Å². The van der Waals surface area contributed by atoms with E-state index >= 15 is 0 Å². The summed E-state index contributed by atoms with van der Waals surface area (Å²) in [5.41, 5.74) is -1.43. The van der Waals surface area contributed by atoms with E-state index in [4.69, 9.17) is 4.74 Å².